The number of thiocarbonyl (C=S) groups is 1. The summed E-state index contributed by atoms with van der Waals surface area (Å²) in [6.45, 7) is 0. The fraction of sp³-hybridized carbons (Fsp3) is 0.320. The molecule has 3 heterocycles. The van der Waals surface area contributed by atoms with Gasteiger partial charge in [0.15, 0.2) is 5.11 Å². The average Bonchev–Trinajstić information content (AvgIpc) is 3.58. The van der Waals surface area contributed by atoms with Gasteiger partial charge in [0.2, 0.25) is 0 Å². The van der Waals surface area contributed by atoms with E-state index in [0.717, 1.165) is 35.0 Å². The lowest BCUT2D eigenvalue weighted by Gasteiger charge is -2.33. The standard InChI is InChI=1S/C25H26N4O2S/c1-31-24(30)17-11-13-18(14-12-17)28-16-6-10-21(28)23-22(20-9-4-5-15-26-20)27-25(32)29(23)19-7-2-3-8-19/h4-6,9-16,19,22-23H,2-3,7-8H2,1H3,(H,27,32)/t22-,23-/m0/s1. The van der Waals surface area contributed by atoms with Gasteiger partial charge in [0.1, 0.15) is 0 Å². The average molecular weight is 447 g/mol. The number of carbonyl (C=O) groups excluding carboxylic acids is 1. The van der Waals surface area contributed by atoms with Crippen LogP contribution in [0.4, 0.5) is 0 Å². The van der Waals surface area contributed by atoms with Crippen molar-refractivity contribution in [1.82, 2.24) is 19.8 Å². The molecule has 2 aliphatic rings. The quantitative estimate of drug-likeness (QED) is 0.458. The van der Waals surface area contributed by atoms with Crippen LogP contribution in [0.1, 0.15) is 59.5 Å². The number of nitrogens with zero attached hydrogens (tertiary/aromatic N) is 3. The summed E-state index contributed by atoms with van der Waals surface area (Å²) in [4.78, 5) is 18.9. The summed E-state index contributed by atoms with van der Waals surface area (Å²) in [5.74, 6) is -0.336. The first-order chi connectivity index (χ1) is 15.7. The number of ether oxygens (including phenoxy) is 1. The second-order valence-corrected chi connectivity index (χ2v) is 8.70. The molecule has 1 aromatic carbocycles. The van der Waals surface area contributed by atoms with E-state index in [0.29, 0.717) is 11.6 Å². The molecule has 0 unspecified atom stereocenters. The van der Waals surface area contributed by atoms with Crippen LogP contribution in [0.3, 0.4) is 0 Å². The van der Waals surface area contributed by atoms with Gasteiger partial charge < -0.3 is 19.5 Å². The Labute approximate surface area is 193 Å². The van der Waals surface area contributed by atoms with E-state index in [2.05, 4.69) is 44.2 Å². The number of methoxy groups -OCH3 is 1. The predicted molar refractivity (Wildman–Crippen MR) is 127 cm³/mol. The van der Waals surface area contributed by atoms with Gasteiger partial charge >= 0.3 is 5.97 Å². The molecule has 2 fully saturated rings. The van der Waals surface area contributed by atoms with Gasteiger partial charge in [0, 0.05) is 29.8 Å². The van der Waals surface area contributed by atoms with Gasteiger partial charge in [-0.2, -0.15) is 0 Å². The predicted octanol–water partition coefficient (Wildman–Crippen LogP) is 4.57. The van der Waals surface area contributed by atoms with E-state index in [9.17, 15) is 4.79 Å². The van der Waals surface area contributed by atoms with Gasteiger partial charge in [-0.15, -0.1) is 0 Å². The van der Waals surface area contributed by atoms with Gasteiger partial charge in [-0.1, -0.05) is 18.9 Å². The Morgan fingerprint density at radius 3 is 2.56 bits per heavy atom. The van der Waals surface area contributed by atoms with Crippen molar-refractivity contribution < 1.29 is 9.53 Å². The van der Waals surface area contributed by atoms with E-state index in [1.807, 2.05) is 30.5 Å². The van der Waals surface area contributed by atoms with Crippen molar-refractivity contribution in [3.8, 4) is 5.69 Å². The number of pyridine rings is 1. The molecule has 0 amide bonds. The maximum Gasteiger partial charge on any atom is 0.337 e. The number of hydrogen-bond donors (Lipinski definition) is 1. The van der Waals surface area contributed by atoms with Crippen LogP contribution in [0.25, 0.3) is 5.69 Å². The molecule has 0 bridgehead atoms. The van der Waals surface area contributed by atoms with Crippen LogP contribution in [0.15, 0.2) is 67.0 Å². The highest BCUT2D eigenvalue weighted by Gasteiger charge is 2.44. The monoisotopic (exact) mass is 446 g/mol. The second kappa shape index (κ2) is 8.74. The van der Waals surface area contributed by atoms with Gasteiger partial charge in [-0.05, 0) is 73.6 Å². The van der Waals surface area contributed by atoms with Crippen molar-refractivity contribution in [1.29, 1.82) is 0 Å². The first-order valence-corrected chi connectivity index (χ1v) is 11.4. The molecule has 0 radical (unpaired) electrons. The maximum atomic E-state index is 11.8. The molecule has 164 valence electrons. The van der Waals surface area contributed by atoms with Gasteiger partial charge in [-0.3, -0.25) is 4.98 Å². The summed E-state index contributed by atoms with van der Waals surface area (Å²) in [6.07, 6.45) is 8.68. The fourth-order valence-corrected chi connectivity index (χ4v) is 5.39. The molecule has 32 heavy (non-hydrogen) atoms. The summed E-state index contributed by atoms with van der Waals surface area (Å²) in [5.41, 5.74) is 3.65. The van der Waals surface area contributed by atoms with Crippen LogP contribution in [0.2, 0.25) is 0 Å². The van der Waals surface area contributed by atoms with Crippen molar-refractivity contribution in [3.05, 3.63) is 83.9 Å². The van der Waals surface area contributed by atoms with Gasteiger partial charge in [0.05, 0.1) is 30.5 Å². The van der Waals surface area contributed by atoms with E-state index >= 15 is 0 Å². The van der Waals surface area contributed by atoms with E-state index in [1.165, 1.54) is 20.0 Å². The van der Waals surface area contributed by atoms with Gasteiger partial charge in [0.25, 0.3) is 0 Å². The number of nitrogens with one attached hydrogen (secondary N) is 1. The van der Waals surface area contributed by atoms with Gasteiger partial charge in [-0.25, -0.2) is 4.79 Å². The minimum absolute atomic E-state index is 0.0239. The summed E-state index contributed by atoms with van der Waals surface area (Å²) < 4.78 is 7.02. The third-order valence-corrected chi connectivity index (χ3v) is 6.83. The van der Waals surface area contributed by atoms with Crippen molar-refractivity contribution in [2.75, 3.05) is 7.11 Å². The number of hydrogen-bond acceptors (Lipinski definition) is 4. The topological polar surface area (TPSA) is 59.4 Å². The molecule has 2 aromatic heterocycles. The van der Waals surface area contributed by atoms with Crippen LogP contribution >= 0.6 is 12.2 Å². The Hall–Kier alpha value is -3.19. The Morgan fingerprint density at radius 1 is 1.09 bits per heavy atom. The summed E-state index contributed by atoms with van der Waals surface area (Å²) >= 11 is 5.85. The van der Waals surface area contributed by atoms with Crippen molar-refractivity contribution in [2.24, 2.45) is 0 Å². The van der Waals surface area contributed by atoms with Crippen LogP contribution in [0.5, 0.6) is 0 Å². The zero-order chi connectivity index (χ0) is 22.1. The van der Waals surface area contributed by atoms with E-state index in [1.54, 1.807) is 12.1 Å². The molecule has 1 saturated carbocycles. The summed E-state index contributed by atoms with van der Waals surface area (Å²) in [5, 5.41) is 4.36. The molecular formula is C25H26N4O2S. The fourth-order valence-electron chi connectivity index (χ4n) is 5.00. The molecule has 2 atom stereocenters. The third-order valence-electron chi connectivity index (χ3n) is 6.50. The molecule has 6 nitrogen and oxygen atoms in total. The molecule has 1 saturated heterocycles. The van der Waals surface area contributed by atoms with Crippen LogP contribution in [0, 0.1) is 0 Å². The highest BCUT2D eigenvalue weighted by Crippen LogP contribution is 2.43. The molecule has 1 aliphatic heterocycles. The first kappa shape index (κ1) is 20.7. The van der Waals surface area contributed by atoms with Crippen LogP contribution < -0.4 is 5.32 Å². The number of carbonyl (C=O) groups is 1. The zero-order valence-corrected chi connectivity index (χ0v) is 18.8. The van der Waals surface area contributed by atoms with Crippen LogP contribution in [-0.4, -0.2) is 38.7 Å². The number of aromatic nitrogens is 2. The van der Waals surface area contributed by atoms with E-state index in [4.69, 9.17) is 17.0 Å². The Bertz CT molecular complexity index is 1110. The molecule has 5 rings (SSSR count). The van der Waals surface area contributed by atoms with Crippen molar-refractivity contribution in [3.63, 3.8) is 0 Å². The number of esters is 1. The second-order valence-electron chi connectivity index (χ2n) is 8.31. The highest BCUT2D eigenvalue weighted by molar-refractivity contribution is 7.80. The van der Waals surface area contributed by atoms with E-state index < -0.39 is 0 Å². The SMILES string of the molecule is COC(=O)c1ccc(-n2cccc2[C@H]2[C@H](c3ccccn3)NC(=S)N2C2CCCC2)cc1. The van der Waals surface area contributed by atoms with Crippen molar-refractivity contribution in [2.45, 2.75) is 43.8 Å². The molecule has 1 aliphatic carbocycles. The highest BCUT2D eigenvalue weighted by atomic mass is 32.1. The van der Waals surface area contributed by atoms with Crippen molar-refractivity contribution >= 4 is 23.3 Å². The Morgan fingerprint density at radius 2 is 1.88 bits per heavy atom. The largest absolute Gasteiger partial charge is 0.465 e. The molecule has 1 N–H and O–H groups in total. The maximum absolute atomic E-state index is 11.8. The number of benzene rings is 1. The summed E-state index contributed by atoms with van der Waals surface area (Å²) in [7, 11) is 1.39. The van der Waals surface area contributed by atoms with E-state index in [-0.39, 0.29) is 18.1 Å². The zero-order valence-electron chi connectivity index (χ0n) is 18.0. The molecule has 3 aromatic rings. The first-order valence-electron chi connectivity index (χ1n) is 11.0. The molecule has 0 spiro atoms. The minimum Gasteiger partial charge on any atom is -0.465 e. The minimum atomic E-state index is -0.336. The number of rotatable bonds is 5. The lowest BCUT2D eigenvalue weighted by Crippen LogP contribution is -2.38. The Kier molecular flexibility index (Phi) is 5.66. The lowest BCUT2D eigenvalue weighted by atomic mass is 9.99. The summed E-state index contributed by atoms with van der Waals surface area (Å²) in [6, 6.07) is 18.2. The third kappa shape index (κ3) is 3.66. The lowest BCUT2D eigenvalue weighted by molar-refractivity contribution is 0.0600. The molecular weight excluding hydrogens is 420 g/mol. The Balaban J connectivity index is 1.57. The molecule has 7 heteroatoms. The van der Waals surface area contributed by atoms with Crippen LogP contribution in [-0.2, 0) is 4.74 Å². The normalized spacial score (nSPS) is 21.0. The smallest absolute Gasteiger partial charge is 0.337 e.